The molecule has 0 bridgehead atoms. The number of methoxy groups -OCH3 is 1. The number of aryl methyl sites for hydroxylation is 2. The van der Waals surface area contributed by atoms with Crippen LogP contribution in [-0.2, 0) is 24.1 Å². The van der Waals surface area contributed by atoms with E-state index in [9.17, 15) is 4.79 Å². The number of nitrogens with zero attached hydrogens (tertiary/aromatic N) is 1. The zero-order valence-corrected chi connectivity index (χ0v) is 16.3. The molecule has 1 aliphatic carbocycles. The summed E-state index contributed by atoms with van der Waals surface area (Å²) in [5.41, 5.74) is 3.79. The Labute approximate surface area is 159 Å². The highest BCUT2D eigenvalue weighted by molar-refractivity contribution is 7.09. The van der Waals surface area contributed by atoms with Gasteiger partial charge in [0.2, 0.25) is 0 Å². The Morgan fingerprint density at radius 3 is 2.62 bits per heavy atom. The molecule has 26 heavy (non-hydrogen) atoms. The van der Waals surface area contributed by atoms with Crippen LogP contribution in [0.5, 0.6) is 0 Å². The van der Waals surface area contributed by atoms with E-state index in [0.29, 0.717) is 12.5 Å². The van der Waals surface area contributed by atoms with Gasteiger partial charge in [-0.05, 0) is 49.7 Å². The first-order chi connectivity index (χ1) is 12.7. The van der Waals surface area contributed by atoms with Gasteiger partial charge in [-0.3, -0.25) is 0 Å². The van der Waals surface area contributed by atoms with Crippen molar-refractivity contribution in [2.24, 2.45) is 5.92 Å². The summed E-state index contributed by atoms with van der Waals surface area (Å²) in [6.45, 7) is 3.13. The van der Waals surface area contributed by atoms with E-state index >= 15 is 0 Å². The van der Waals surface area contributed by atoms with Gasteiger partial charge in [0.1, 0.15) is 11.1 Å². The number of ether oxygens (including phenoxy) is 1. The van der Waals surface area contributed by atoms with Gasteiger partial charge in [-0.25, -0.2) is 9.78 Å². The maximum absolute atomic E-state index is 12.1. The number of carbonyl (C=O) groups is 1. The third kappa shape index (κ3) is 5.05. The Bertz CT molecular complexity index is 704. The molecule has 2 aromatic rings. The van der Waals surface area contributed by atoms with E-state index in [1.807, 2.05) is 12.3 Å². The molecule has 6 heteroatoms. The molecule has 140 valence electrons. The average molecular weight is 374 g/mol. The van der Waals surface area contributed by atoms with Crippen LogP contribution in [0.3, 0.4) is 0 Å². The van der Waals surface area contributed by atoms with E-state index in [-0.39, 0.29) is 12.1 Å². The minimum absolute atomic E-state index is 0.0121. The van der Waals surface area contributed by atoms with Gasteiger partial charge in [0, 0.05) is 19.0 Å². The van der Waals surface area contributed by atoms with Crippen LogP contribution < -0.4 is 10.6 Å². The smallest absolute Gasteiger partial charge is 0.315 e. The number of thiazole rings is 1. The van der Waals surface area contributed by atoms with Crippen molar-refractivity contribution in [3.05, 3.63) is 51.5 Å². The Hall–Kier alpha value is -1.92. The molecule has 1 aromatic heterocycles. The third-order valence-electron chi connectivity index (χ3n) is 5.01. The molecule has 0 saturated carbocycles. The molecule has 0 fully saturated rings. The van der Waals surface area contributed by atoms with Crippen molar-refractivity contribution in [3.63, 3.8) is 0 Å². The summed E-state index contributed by atoms with van der Waals surface area (Å²) in [5.74, 6) is 0.529. The summed E-state index contributed by atoms with van der Waals surface area (Å²) in [5, 5.41) is 8.81. The number of aromatic nitrogens is 1. The fourth-order valence-electron chi connectivity index (χ4n) is 3.27. The highest BCUT2D eigenvalue weighted by Gasteiger charge is 2.17. The molecule has 1 aliphatic rings. The molecule has 2 N–H and O–H groups in total. The van der Waals surface area contributed by atoms with Crippen molar-refractivity contribution in [1.82, 2.24) is 15.6 Å². The van der Waals surface area contributed by atoms with Gasteiger partial charge in [0.05, 0.1) is 12.2 Å². The first-order valence-electron chi connectivity index (χ1n) is 9.21. The van der Waals surface area contributed by atoms with Gasteiger partial charge in [-0.1, -0.05) is 24.3 Å². The quantitative estimate of drug-likeness (QED) is 0.756. The number of urea groups is 1. The van der Waals surface area contributed by atoms with Crippen molar-refractivity contribution in [1.29, 1.82) is 0 Å². The van der Waals surface area contributed by atoms with Crippen LogP contribution in [0.2, 0.25) is 0 Å². The van der Waals surface area contributed by atoms with Crippen LogP contribution in [0.1, 0.15) is 47.7 Å². The zero-order chi connectivity index (χ0) is 18.4. The van der Waals surface area contributed by atoms with Crippen LogP contribution in [0, 0.1) is 5.92 Å². The molecule has 0 aliphatic heterocycles. The zero-order valence-electron chi connectivity index (χ0n) is 15.5. The first kappa shape index (κ1) is 18.9. The first-order valence-corrected chi connectivity index (χ1v) is 10.1. The summed E-state index contributed by atoms with van der Waals surface area (Å²) < 4.78 is 5.26. The lowest BCUT2D eigenvalue weighted by molar-refractivity contribution is 0.119. The predicted octanol–water partition coefficient (Wildman–Crippen LogP) is 3.84. The molecular formula is C20H27N3O2S. The topological polar surface area (TPSA) is 63.2 Å². The lowest BCUT2D eigenvalue weighted by atomic mass is 10.00. The highest BCUT2D eigenvalue weighted by Crippen LogP contribution is 2.24. The normalized spacial score (nSPS) is 15.8. The van der Waals surface area contributed by atoms with Crippen LogP contribution in [0.4, 0.5) is 4.79 Å². The summed E-state index contributed by atoms with van der Waals surface area (Å²) in [7, 11) is 1.67. The number of carbonyl (C=O) groups excluding carboxylic acids is 1. The maximum atomic E-state index is 12.1. The van der Waals surface area contributed by atoms with Crippen LogP contribution in [0.25, 0.3) is 0 Å². The standard InChI is InChI=1S/C20H27N3O2S/c1-14(25-2)19-23-18(13-26-19)12-22-20(24)21-11-15-7-9-16-5-3-4-6-17(16)10-8-15/h3-6,13-15H,7-12H2,1-2H3,(H2,21,22,24). The molecule has 3 rings (SSSR count). The number of nitrogens with one attached hydrogen (secondary N) is 2. The number of fused-ring (bicyclic) bond motifs is 1. The van der Waals surface area contributed by atoms with Crippen LogP contribution in [0.15, 0.2) is 29.6 Å². The average Bonchev–Trinajstić information content (AvgIpc) is 3.05. The van der Waals surface area contributed by atoms with Gasteiger partial charge in [0.15, 0.2) is 0 Å². The van der Waals surface area contributed by atoms with Gasteiger partial charge in [0.25, 0.3) is 0 Å². The van der Waals surface area contributed by atoms with E-state index in [2.05, 4.69) is 39.9 Å². The van der Waals surface area contributed by atoms with Gasteiger partial charge in [-0.2, -0.15) is 0 Å². The molecule has 1 heterocycles. The van der Waals surface area contributed by atoms with E-state index < -0.39 is 0 Å². The number of rotatable bonds is 6. The van der Waals surface area contributed by atoms with Gasteiger partial charge < -0.3 is 15.4 Å². The van der Waals surface area contributed by atoms with Crippen molar-refractivity contribution < 1.29 is 9.53 Å². The van der Waals surface area contributed by atoms with Gasteiger partial charge in [-0.15, -0.1) is 11.3 Å². The molecule has 1 unspecified atom stereocenters. The summed E-state index contributed by atoms with van der Waals surface area (Å²) >= 11 is 1.56. The molecule has 0 saturated heterocycles. The Kier molecular flexibility index (Phi) is 6.63. The monoisotopic (exact) mass is 373 g/mol. The second kappa shape index (κ2) is 9.14. The van der Waals surface area contributed by atoms with E-state index in [0.717, 1.165) is 42.9 Å². The SMILES string of the molecule is COC(C)c1nc(CNC(=O)NCC2CCc3ccccc3CC2)cs1. The minimum Gasteiger partial charge on any atom is -0.375 e. The van der Waals surface area contributed by atoms with Crippen molar-refractivity contribution in [3.8, 4) is 0 Å². The summed E-state index contributed by atoms with van der Waals surface area (Å²) in [6.07, 6.45) is 4.44. The third-order valence-corrected chi connectivity index (χ3v) is 6.07. The molecular weight excluding hydrogens is 346 g/mol. The largest absolute Gasteiger partial charge is 0.375 e. The van der Waals surface area contributed by atoms with E-state index in [1.54, 1.807) is 18.4 Å². The molecule has 1 aromatic carbocycles. The minimum atomic E-state index is -0.124. The predicted molar refractivity (Wildman–Crippen MR) is 104 cm³/mol. The number of benzene rings is 1. The second-order valence-electron chi connectivity index (χ2n) is 6.83. The number of amides is 2. The maximum Gasteiger partial charge on any atom is 0.315 e. The summed E-state index contributed by atoms with van der Waals surface area (Å²) in [4.78, 5) is 16.6. The van der Waals surface area contributed by atoms with Crippen molar-refractivity contribution in [2.45, 2.75) is 45.3 Å². The number of hydrogen-bond donors (Lipinski definition) is 2. The fraction of sp³-hybridized carbons (Fsp3) is 0.500. The van der Waals surface area contributed by atoms with Crippen molar-refractivity contribution >= 4 is 17.4 Å². The molecule has 0 spiro atoms. The van der Waals surface area contributed by atoms with Gasteiger partial charge >= 0.3 is 6.03 Å². The second-order valence-corrected chi connectivity index (χ2v) is 7.72. The van der Waals surface area contributed by atoms with E-state index in [4.69, 9.17) is 4.74 Å². The highest BCUT2D eigenvalue weighted by atomic mass is 32.1. The molecule has 2 amide bonds. The Morgan fingerprint density at radius 1 is 1.27 bits per heavy atom. The molecule has 1 atom stereocenters. The molecule has 0 radical (unpaired) electrons. The lowest BCUT2D eigenvalue weighted by Gasteiger charge is -2.15. The Morgan fingerprint density at radius 2 is 1.96 bits per heavy atom. The molecule has 5 nitrogen and oxygen atoms in total. The van der Waals surface area contributed by atoms with Crippen LogP contribution in [-0.4, -0.2) is 24.7 Å². The number of hydrogen-bond acceptors (Lipinski definition) is 4. The van der Waals surface area contributed by atoms with Crippen molar-refractivity contribution in [2.75, 3.05) is 13.7 Å². The van der Waals surface area contributed by atoms with Crippen LogP contribution >= 0.6 is 11.3 Å². The lowest BCUT2D eigenvalue weighted by Crippen LogP contribution is -2.38. The van der Waals surface area contributed by atoms with E-state index in [1.165, 1.54) is 11.1 Å². The fourth-order valence-corrected chi connectivity index (χ4v) is 4.13. The Balaban J connectivity index is 1.40. The summed E-state index contributed by atoms with van der Waals surface area (Å²) in [6, 6.07) is 8.56.